The van der Waals surface area contributed by atoms with Gasteiger partial charge in [-0.2, -0.15) is 0 Å². The molecular formula is C20H13N5O3. The van der Waals surface area contributed by atoms with Crippen LogP contribution in [0.3, 0.4) is 0 Å². The standard InChI is InChI=1S/C20H13N5O3/c21-15-13-17(25-24-15)28-18-14(23-16(27-18)10-6-2-1-3-7-10)20(13)11-8-4-5-9-12(11)22-19(20)26/h1-9H,(H,22,26)(H3,21,24,25). The van der Waals surface area contributed by atoms with Crippen molar-refractivity contribution in [3.8, 4) is 23.3 Å². The summed E-state index contributed by atoms with van der Waals surface area (Å²) in [4.78, 5) is 18.1. The summed E-state index contributed by atoms with van der Waals surface area (Å²) in [6.07, 6.45) is 0. The van der Waals surface area contributed by atoms with Gasteiger partial charge in [0, 0.05) is 16.8 Å². The number of nitrogen functional groups attached to an aromatic ring is 1. The maximum atomic E-state index is 13.4. The van der Waals surface area contributed by atoms with E-state index in [0.29, 0.717) is 22.8 Å². The molecule has 0 saturated carbocycles. The number of carbonyl (C=O) groups is 1. The van der Waals surface area contributed by atoms with Crippen LogP contribution in [0.15, 0.2) is 59.0 Å². The van der Waals surface area contributed by atoms with E-state index in [4.69, 9.17) is 14.9 Å². The van der Waals surface area contributed by atoms with E-state index in [9.17, 15) is 4.79 Å². The summed E-state index contributed by atoms with van der Waals surface area (Å²) in [5, 5.41) is 9.76. The number of nitrogens with one attached hydrogen (secondary N) is 2. The summed E-state index contributed by atoms with van der Waals surface area (Å²) >= 11 is 0. The average Bonchev–Trinajstić information content (AvgIpc) is 3.39. The Hall–Kier alpha value is -4.07. The molecule has 0 radical (unpaired) electrons. The van der Waals surface area contributed by atoms with E-state index < -0.39 is 5.41 Å². The van der Waals surface area contributed by atoms with Crippen molar-refractivity contribution < 1.29 is 13.9 Å². The first-order valence-electron chi connectivity index (χ1n) is 8.69. The SMILES string of the molecule is Nc1[nH]nc2c1C1(C(=O)Nc3ccccc31)c1nc(-c3ccccc3)oc1O2. The summed E-state index contributed by atoms with van der Waals surface area (Å²) < 4.78 is 11.7. The molecule has 4 aromatic rings. The number of oxazole rings is 1. The van der Waals surface area contributed by atoms with Crippen LogP contribution < -0.4 is 15.8 Å². The summed E-state index contributed by atoms with van der Waals surface area (Å²) in [6.45, 7) is 0. The van der Waals surface area contributed by atoms with Gasteiger partial charge in [-0.1, -0.05) is 36.4 Å². The molecule has 1 amide bonds. The number of amides is 1. The monoisotopic (exact) mass is 371 g/mol. The molecule has 136 valence electrons. The topological polar surface area (TPSA) is 119 Å². The van der Waals surface area contributed by atoms with Gasteiger partial charge in [-0.3, -0.25) is 9.89 Å². The molecule has 4 heterocycles. The Bertz CT molecular complexity index is 1260. The first-order chi connectivity index (χ1) is 13.7. The normalized spacial score (nSPS) is 18.9. The van der Waals surface area contributed by atoms with Gasteiger partial charge in [-0.25, -0.2) is 4.98 Å². The lowest BCUT2D eigenvalue weighted by atomic mass is 9.72. The second kappa shape index (κ2) is 5.01. The number of hydrogen-bond acceptors (Lipinski definition) is 6. The number of nitrogens with two attached hydrogens (primary N) is 1. The summed E-state index contributed by atoms with van der Waals surface area (Å²) in [5.74, 6) is 0.657. The Labute approximate surface area is 158 Å². The van der Waals surface area contributed by atoms with E-state index >= 15 is 0 Å². The second-order valence-corrected chi connectivity index (χ2v) is 6.69. The molecule has 0 aliphatic carbocycles. The lowest BCUT2D eigenvalue weighted by Crippen LogP contribution is -2.40. The van der Waals surface area contributed by atoms with Gasteiger partial charge >= 0.3 is 5.95 Å². The summed E-state index contributed by atoms with van der Waals surface area (Å²) in [7, 11) is 0. The molecule has 2 aromatic heterocycles. The zero-order valence-corrected chi connectivity index (χ0v) is 14.4. The van der Waals surface area contributed by atoms with Gasteiger partial charge in [-0.05, 0) is 18.2 Å². The fourth-order valence-electron chi connectivity index (χ4n) is 4.04. The van der Waals surface area contributed by atoms with Crippen LogP contribution in [0.4, 0.5) is 11.5 Å². The molecule has 2 aromatic carbocycles. The minimum Gasteiger partial charge on any atom is -0.405 e. The van der Waals surface area contributed by atoms with Crippen molar-refractivity contribution in [3.63, 3.8) is 0 Å². The van der Waals surface area contributed by atoms with Crippen LogP contribution >= 0.6 is 0 Å². The van der Waals surface area contributed by atoms with Crippen molar-refractivity contribution in [2.45, 2.75) is 5.41 Å². The third kappa shape index (κ3) is 1.67. The maximum absolute atomic E-state index is 13.4. The number of aromatic amines is 1. The Balaban J connectivity index is 1.70. The molecule has 1 atom stereocenters. The highest BCUT2D eigenvalue weighted by molar-refractivity contribution is 6.12. The average molecular weight is 371 g/mol. The fraction of sp³-hybridized carbons (Fsp3) is 0.0500. The largest absolute Gasteiger partial charge is 0.405 e. The molecule has 0 fully saturated rings. The maximum Gasteiger partial charge on any atom is 0.317 e. The number of rotatable bonds is 1. The number of benzene rings is 2. The molecule has 0 bridgehead atoms. The van der Waals surface area contributed by atoms with Crippen LogP contribution in [0.25, 0.3) is 11.5 Å². The third-order valence-corrected chi connectivity index (χ3v) is 5.22. The molecule has 4 N–H and O–H groups in total. The van der Waals surface area contributed by atoms with E-state index in [1.807, 2.05) is 54.6 Å². The van der Waals surface area contributed by atoms with Crippen LogP contribution in [0.1, 0.15) is 16.8 Å². The van der Waals surface area contributed by atoms with Crippen LogP contribution in [0.5, 0.6) is 11.8 Å². The van der Waals surface area contributed by atoms with Crippen LogP contribution in [-0.4, -0.2) is 21.1 Å². The van der Waals surface area contributed by atoms with Crippen LogP contribution in [0.2, 0.25) is 0 Å². The highest BCUT2D eigenvalue weighted by Crippen LogP contribution is 2.57. The molecule has 2 aliphatic heterocycles. The smallest absolute Gasteiger partial charge is 0.317 e. The zero-order chi connectivity index (χ0) is 18.9. The van der Waals surface area contributed by atoms with Crippen molar-refractivity contribution in [3.05, 3.63) is 71.4 Å². The van der Waals surface area contributed by atoms with Crippen LogP contribution in [-0.2, 0) is 10.2 Å². The first-order valence-corrected chi connectivity index (χ1v) is 8.69. The number of anilines is 2. The lowest BCUT2D eigenvalue weighted by molar-refractivity contribution is -0.118. The molecular weight excluding hydrogens is 358 g/mol. The quantitative estimate of drug-likeness (QED) is 0.473. The predicted molar refractivity (Wildman–Crippen MR) is 100.0 cm³/mol. The van der Waals surface area contributed by atoms with Gasteiger partial charge in [-0.15, -0.1) is 5.10 Å². The second-order valence-electron chi connectivity index (χ2n) is 6.69. The molecule has 1 spiro atoms. The van der Waals surface area contributed by atoms with Gasteiger partial charge < -0.3 is 20.2 Å². The number of fused-ring (bicyclic) bond motifs is 6. The Morgan fingerprint density at radius 2 is 1.82 bits per heavy atom. The molecule has 0 saturated heterocycles. The number of H-pyrrole nitrogens is 1. The van der Waals surface area contributed by atoms with Crippen molar-refractivity contribution in [1.82, 2.24) is 15.2 Å². The number of carbonyl (C=O) groups excluding carboxylic acids is 1. The first kappa shape index (κ1) is 15.0. The highest BCUT2D eigenvalue weighted by Gasteiger charge is 2.59. The number of para-hydroxylation sites is 1. The Morgan fingerprint density at radius 3 is 2.68 bits per heavy atom. The van der Waals surface area contributed by atoms with Gasteiger partial charge in [0.1, 0.15) is 5.82 Å². The predicted octanol–water partition coefficient (Wildman–Crippen LogP) is 3.04. The minimum absolute atomic E-state index is 0.129. The van der Waals surface area contributed by atoms with E-state index in [2.05, 4.69) is 20.5 Å². The van der Waals surface area contributed by atoms with Crippen molar-refractivity contribution in [2.24, 2.45) is 0 Å². The lowest BCUT2D eigenvalue weighted by Gasteiger charge is -2.29. The number of hydrogen-bond donors (Lipinski definition) is 3. The van der Waals surface area contributed by atoms with Crippen molar-refractivity contribution in [1.29, 1.82) is 0 Å². The number of aromatic nitrogens is 3. The van der Waals surface area contributed by atoms with Crippen molar-refractivity contribution in [2.75, 3.05) is 11.1 Å². The van der Waals surface area contributed by atoms with E-state index in [1.54, 1.807) is 0 Å². The molecule has 2 aliphatic rings. The van der Waals surface area contributed by atoms with E-state index in [0.717, 1.165) is 11.1 Å². The number of nitrogens with zero attached hydrogens (tertiary/aromatic N) is 2. The third-order valence-electron chi connectivity index (χ3n) is 5.22. The number of ether oxygens (including phenoxy) is 1. The van der Waals surface area contributed by atoms with Gasteiger partial charge in [0.2, 0.25) is 17.7 Å². The molecule has 28 heavy (non-hydrogen) atoms. The van der Waals surface area contributed by atoms with Crippen LogP contribution in [0, 0.1) is 0 Å². The van der Waals surface area contributed by atoms with E-state index in [1.165, 1.54) is 0 Å². The summed E-state index contributed by atoms with van der Waals surface area (Å²) in [6, 6.07) is 16.9. The fourth-order valence-corrected chi connectivity index (χ4v) is 4.04. The Kier molecular flexibility index (Phi) is 2.69. The highest BCUT2D eigenvalue weighted by atomic mass is 16.6. The van der Waals surface area contributed by atoms with Gasteiger partial charge in [0.15, 0.2) is 11.1 Å². The van der Waals surface area contributed by atoms with Gasteiger partial charge in [0.05, 0.1) is 5.56 Å². The van der Waals surface area contributed by atoms with Crippen molar-refractivity contribution >= 4 is 17.4 Å². The molecule has 8 nitrogen and oxygen atoms in total. The molecule has 6 rings (SSSR count). The summed E-state index contributed by atoms with van der Waals surface area (Å²) in [5.41, 5.74) is 7.86. The molecule has 8 heteroatoms. The molecule has 1 unspecified atom stereocenters. The Morgan fingerprint density at radius 1 is 1.04 bits per heavy atom. The minimum atomic E-state index is -1.30. The zero-order valence-electron chi connectivity index (χ0n) is 14.4. The van der Waals surface area contributed by atoms with E-state index in [-0.39, 0.29) is 23.6 Å². The van der Waals surface area contributed by atoms with Gasteiger partial charge in [0.25, 0.3) is 0 Å².